The summed E-state index contributed by atoms with van der Waals surface area (Å²) in [4.78, 5) is 31.7. The van der Waals surface area contributed by atoms with E-state index in [2.05, 4.69) is 41.1 Å². The molecule has 3 aliphatic rings. The summed E-state index contributed by atoms with van der Waals surface area (Å²) < 4.78 is 5.70. The average molecular weight is 470 g/mol. The maximum Gasteiger partial charge on any atom is 0.255 e. The number of benzene rings is 1. The minimum atomic E-state index is 0.000357. The molecule has 2 aliphatic heterocycles. The van der Waals surface area contributed by atoms with Crippen LogP contribution < -0.4 is 4.90 Å². The summed E-state index contributed by atoms with van der Waals surface area (Å²) >= 11 is 0. The molecular formula is C28H31N5O2. The highest BCUT2D eigenvalue weighted by atomic mass is 16.5. The second-order valence-corrected chi connectivity index (χ2v) is 9.88. The van der Waals surface area contributed by atoms with Crippen LogP contribution in [0.2, 0.25) is 0 Å². The van der Waals surface area contributed by atoms with Gasteiger partial charge in [0.05, 0.1) is 37.1 Å². The SMILES string of the molecule is CC1COCCN1c1nc(-c2ccc(C3CCC3)cc2)nc2c1CN(C(=O)c1cccnc1)CC2. The Morgan fingerprint density at radius 3 is 2.66 bits per heavy atom. The number of amides is 1. The van der Waals surface area contributed by atoms with Crippen LogP contribution in [0.3, 0.4) is 0 Å². The van der Waals surface area contributed by atoms with Crippen molar-refractivity contribution in [2.24, 2.45) is 0 Å². The summed E-state index contributed by atoms with van der Waals surface area (Å²) in [5.41, 5.74) is 5.18. The number of nitrogens with zero attached hydrogens (tertiary/aromatic N) is 5. The number of anilines is 1. The monoisotopic (exact) mass is 469 g/mol. The average Bonchev–Trinajstić information content (AvgIpc) is 2.88. The van der Waals surface area contributed by atoms with Gasteiger partial charge in [0.1, 0.15) is 5.82 Å². The van der Waals surface area contributed by atoms with E-state index < -0.39 is 0 Å². The van der Waals surface area contributed by atoms with Crippen molar-refractivity contribution in [3.8, 4) is 11.4 Å². The molecule has 0 bridgehead atoms. The summed E-state index contributed by atoms with van der Waals surface area (Å²) in [6.45, 7) is 5.43. The molecule has 1 aromatic carbocycles. The molecule has 2 fully saturated rings. The van der Waals surface area contributed by atoms with E-state index in [0.29, 0.717) is 44.2 Å². The largest absolute Gasteiger partial charge is 0.377 e. The van der Waals surface area contributed by atoms with Gasteiger partial charge in [-0.1, -0.05) is 30.7 Å². The molecule has 1 saturated carbocycles. The molecule has 0 spiro atoms. The van der Waals surface area contributed by atoms with E-state index in [4.69, 9.17) is 14.7 Å². The lowest BCUT2D eigenvalue weighted by Crippen LogP contribution is -2.46. The van der Waals surface area contributed by atoms with Crippen molar-refractivity contribution in [3.05, 3.63) is 71.2 Å². The lowest BCUT2D eigenvalue weighted by atomic mass is 9.80. The molecule has 2 aromatic heterocycles. The Labute approximate surface area is 206 Å². The van der Waals surface area contributed by atoms with Gasteiger partial charge in [0.15, 0.2) is 5.82 Å². The van der Waals surface area contributed by atoms with Crippen molar-refractivity contribution in [1.82, 2.24) is 19.9 Å². The quantitative estimate of drug-likeness (QED) is 0.570. The molecule has 1 amide bonds. The molecule has 1 unspecified atom stereocenters. The van der Waals surface area contributed by atoms with Crippen molar-refractivity contribution < 1.29 is 9.53 Å². The molecule has 7 nitrogen and oxygen atoms in total. The van der Waals surface area contributed by atoms with Gasteiger partial charge in [-0.15, -0.1) is 0 Å². The fraction of sp³-hybridized carbons (Fsp3) is 0.429. The third kappa shape index (κ3) is 4.29. The van der Waals surface area contributed by atoms with E-state index in [0.717, 1.165) is 35.0 Å². The van der Waals surface area contributed by atoms with Crippen LogP contribution in [0, 0.1) is 0 Å². The molecule has 35 heavy (non-hydrogen) atoms. The first-order valence-corrected chi connectivity index (χ1v) is 12.7. The number of hydrogen-bond acceptors (Lipinski definition) is 6. The zero-order valence-electron chi connectivity index (χ0n) is 20.2. The zero-order valence-corrected chi connectivity index (χ0v) is 20.2. The number of aromatic nitrogens is 3. The summed E-state index contributed by atoms with van der Waals surface area (Å²) in [6.07, 6.45) is 7.96. The highest BCUT2D eigenvalue weighted by Gasteiger charge is 2.31. The molecule has 1 atom stereocenters. The number of pyridine rings is 1. The smallest absolute Gasteiger partial charge is 0.255 e. The Bertz CT molecular complexity index is 1210. The Hall–Kier alpha value is -3.32. The number of ether oxygens (including phenoxy) is 1. The van der Waals surface area contributed by atoms with E-state index in [1.54, 1.807) is 18.5 Å². The fourth-order valence-electron chi connectivity index (χ4n) is 5.30. The van der Waals surface area contributed by atoms with Crippen molar-refractivity contribution in [1.29, 1.82) is 0 Å². The van der Waals surface area contributed by atoms with Crippen LogP contribution in [0.25, 0.3) is 11.4 Å². The molecule has 1 aliphatic carbocycles. The van der Waals surface area contributed by atoms with Gasteiger partial charge in [-0.25, -0.2) is 9.97 Å². The van der Waals surface area contributed by atoms with Gasteiger partial charge in [-0.3, -0.25) is 9.78 Å². The summed E-state index contributed by atoms with van der Waals surface area (Å²) in [7, 11) is 0. The fourth-order valence-corrected chi connectivity index (χ4v) is 5.30. The van der Waals surface area contributed by atoms with Crippen LogP contribution in [0.15, 0.2) is 48.8 Å². The summed E-state index contributed by atoms with van der Waals surface area (Å²) in [6, 6.07) is 12.7. The van der Waals surface area contributed by atoms with Crippen LogP contribution in [-0.2, 0) is 17.7 Å². The minimum Gasteiger partial charge on any atom is -0.377 e. The van der Waals surface area contributed by atoms with Gasteiger partial charge >= 0.3 is 0 Å². The van der Waals surface area contributed by atoms with E-state index in [9.17, 15) is 4.79 Å². The summed E-state index contributed by atoms with van der Waals surface area (Å²) in [5.74, 6) is 2.42. The van der Waals surface area contributed by atoms with Gasteiger partial charge in [-0.05, 0) is 43.4 Å². The maximum atomic E-state index is 13.2. The predicted molar refractivity (Wildman–Crippen MR) is 134 cm³/mol. The number of carbonyl (C=O) groups excluding carboxylic acids is 1. The standard InChI is InChI=1S/C28H31N5O2/c1-19-18-35-15-14-33(19)27-24-17-32(28(34)23-6-3-12-29-16-23)13-11-25(24)30-26(31-27)22-9-7-21(8-10-22)20-4-2-5-20/h3,6-10,12,16,19-20H,2,4-5,11,13-15,17-18H2,1H3. The third-order valence-corrected chi connectivity index (χ3v) is 7.62. The molecule has 3 aromatic rings. The van der Waals surface area contributed by atoms with E-state index in [-0.39, 0.29) is 11.9 Å². The Balaban J connectivity index is 1.36. The first-order chi connectivity index (χ1) is 17.2. The predicted octanol–water partition coefficient (Wildman–Crippen LogP) is 4.23. The van der Waals surface area contributed by atoms with E-state index in [1.165, 1.54) is 24.8 Å². The third-order valence-electron chi connectivity index (χ3n) is 7.62. The minimum absolute atomic E-state index is 0.000357. The molecule has 7 heteroatoms. The van der Waals surface area contributed by atoms with Gasteiger partial charge in [0.25, 0.3) is 5.91 Å². The Morgan fingerprint density at radius 2 is 1.94 bits per heavy atom. The molecule has 1 saturated heterocycles. The number of carbonyl (C=O) groups is 1. The Morgan fingerprint density at radius 1 is 1.09 bits per heavy atom. The van der Waals surface area contributed by atoms with E-state index in [1.807, 2.05) is 11.0 Å². The molecular weight excluding hydrogens is 438 g/mol. The van der Waals surface area contributed by atoms with Crippen molar-refractivity contribution in [2.45, 2.75) is 51.1 Å². The maximum absolute atomic E-state index is 13.2. The zero-order chi connectivity index (χ0) is 23.8. The molecule has 180 valence electrons. The van der Waals surface area contributed by atoms with Crippen molar-refractivity contribution in [2.75, 3.05) is 31.2 Å². The summed E-state index contributed by atoms with van der Waals surface area (Å²) in [5, 5.41) is 0. The molecule has 4 heterocycles. The van der Waals surface area contributed by atoms with Crippen molar-refractivity contribution in [3.63, 3.8) is 0 Å². The normalized spacial score (nSPS) is 20.3. The number of hydrogen-bond donors (Lipinski definition) is 0. The topological polar surface area (TPSA) is 71.5 Å². The lowest BCUT2D eigenvalue weighted by molar-refractivity contribution is 0.0731. The first-order valence-electron chi connectivity index (χ1n) is 12.7. The Kier molecular flexibility index (Phi) is 5.94. The molecule has 0 radical (unpaired) electrons. The van der Waals surface area contributed by atoms with Gasteiger partial charge < -0.3 is 14.5 Å². The number of rotatable bonds is 4. The second-order valence-electron chi connectivity index (χ2n) is 9.88. The van der Waals surface area contributed by atoms with Crippen LogP contribution in [0.5, 0.6) is 0 Å². The van der Waals surface area contributed by atoms with Crippen LogP contribution in [0.4, 0.5) is 5.82 Å². The number of morpholine rings is 1. The molecule has 0 N–H and O–H groups in total. The second kappa shape index (κ2) is 9.38. The van der Waals surface area contributed by atoms with Crippen LogP contribution in [0.1, 0.15) is 59.3 Å². The molecule has 6 rings (SSSR count). The van der Waals surface area contributed by atoms with Gasteiger partial charge in [0.2, 0.25) is 0 Å². The highest BCUT2D eigenvalue weighted by molar-refractivity contribution is 5.94. The number of fused-ring (bicyclic) bond motifs is 1. The lowest BCUT2D eigenvalue weighted by Gasteiger charge is -2.38. The van der Waals surface area contributed by atoms with Crippen molar-refractivity contribution >= 4 is 11.7 Å². The first kappa shape index (κ1) is 22.2. The highest BCUT2D eigenvalue weighted by Crippen LogP contribution is 2.37. The van der Waals surface area contributed by atoms with Gasteiger partial charge in [-0.2, -0.15) is 0 Å². The van der Waals surface area contributed by atoms with E-state index >= 15 is 0 Å². The van der Waals surface area contributed by atoms with Crippen LogP contribution >= 0.6 is 0 Å². The van der Waals surface area contributed by atoms with Gasteiger partial charge in [0, 0.05) is 43.0 Å². The van der Waals surface area contributed by atoms with Crippen LogP contribution in [-0.4, -0.2) is 58.1 Å².